The summed E-state index contributed by atoms with van der Waals surface area (Å²) in [5.41, 5.74) is 6.28. The van der Waals surface area contributed by atoms with Gasteiger partial charge in [-0.25, -0.2) is 0 Å². The average Bonchev–Trinajstić information content (AvgIpc) is 2.38. The molecule has 1 fully saturated rings. The Morgan fingerprint density at radius 3 is 2.33 bits per heavy atom. The molecule has 0 amide bonds. The quantitative estimate of drug-likeness (QED) is 0.619. The van der Waals surface area contributed by atoms with E-state index < -0.39 is 0 Å². The molecule has 2 heteroatoms. The first kappa shape index (κ1) is 16.0. The molecule has 0 spiro atoms. The number of hydrogen-bond acceptors (Lipinski definition) is 2. The summed E-state index contributed by atoms with van der Waals surface area (Å²) in [5.74, 6) is 0. The van der Waals surface area contributed by atoms with E-state index >= 15 is 0 Å². The third kappa shape index (κ3) is 5.71. The van der Waals surface area contributed by atoms with Crippen molar-refractivity contribution >= 4 is 0 Å². The van der Waals surface area contributed by atoms with E-state index in [1.807, 2.05) is 0 Å². The van der Waals surface area contributed by atoms with Gasteiger partial charge in [0.25, 0.3) is 0 Å². The lowest BCUT2D eigenvalue weighted by Gasteiger charge is -2.38. The molecular weight excluding hydrogens is 222 g/mol. The summed E-state index contributed by atoms with van der Waals surface area (Å²) in [4.78, 5) is 0. The van der Waals surface area contributed by atoms with Crippen LogP contribution in [0.25, 0.3) is 0 Å². The van der Waals surface area contributed by atoms with E-state index in [1.165, 1.54) is 57.8 Å². The zero-order valence-electron chi connectivity index (χ0n) is 12.5. The summed E-state index contributed by atoms with van der Waals surface area (Å²) < 4.78 is 5.91. The van der Waals surface area contributed by atoms with Crippen LogP contribution in [0.15, 0.2) is 0 Å². The Kier molecular flexibility index (Phi) is 7.92. The van der Waals surface area contributed by atoms with Crippen molar-refractivity contribution in [2.75, 3.05) is 6.61 Å². The van der Waals surface area contributed by atoms with Crippen LogP contribution in [0.4, 0.5) is 0 Å². The van der Waals surface area contributed by atoms with Crippen LogP contribution in [0, 0.1) is 0 Å². The maximum Gasteiger partial charge on any atom is 0.0804 e. The molecule has 2 N–H and O–H groups in total. The van der Waals surface area contributed by atoms with Crippen LogP contribution < -0.4 is 5.73 Å². The lowest BCUT2D eigenvalue weighted by atomic mass is 9.86. The van der Waals surface area contributed by atoms with E-state index in [2.05, 4.69) is 13.8 Å². The van der Waals surface area contributed by atoms with Gasteiger partial charge in [0.2, 0.25) is 0 Å². The van der Waals surface area contributed by atoms with Gasteiger partial charge < -0.3 is 10.5 Å². The Labute approximate surface area is 114 Å². The molecule has 0 aliphatic carbocycles. The van der Waals surface area contributed by atoms with Crippen molar-refractivity contribution in [1.82, 2.24) is 0 Å². The summed E-state index contributed by atoms with van der Waals surface area (Å²) in [6.45, 7) is 5.38. The van der Waals surface area contributed by atoms with Gasteiger partial charge >= 0.3 is 0 Å². The van der Waals surface area contributed by atoms with Crippen molar-refractivity contribution in [3.8, 4) is 0 Å². The average molecular weight is 255 g/mol. The number of nitrogens with two attached hydrogens (primary N) is 1. The van der Waals surface area contributed by atoms with Gasteiger partial charge in [0.15, 0.2) is 0 Å². The Balaban J connectivity index is 2.03. The van der Waals surface area contributed by atoms with Crippen molar-refractivity contribution in [1.29, 1.82) is 0 Å². The van der Waals surface area contributed by atoms with Crippen molar-refractivity contribution in [3.63, 3.8) is 0 Å². The molecule has 1 aliphatic rings. The van der Waals surface area contributed by atoms with Crippen molar-refractivity contribution in [2.45, 2.75) is 96.1 Å². The van der Waals surface area contributed by atoms with Crippen LogP contribution in [-0.2, 0) is 4.74 Å². The zero-order valence-corrected chi connectivity index (χ0v) is 12.5. The molecular formula is C16H33NO. The summed E-state index contributed by atoms with van der Waals surface area (Å²) >= 11 is 0. The first-order chi connectivity index (χ1) is 8.69. The zero-order chi connectivity index (χ0) is 13.3. The number of unbranched alkanes of at least 4 members (excludes halogenated alkanes) is 6. The highest BCUT2D eigenvalue weighted by atomic mass is 16.5. The minimum Gasteiger partial charge on any atom is -0.374 e. The van der Waals surface area contributed by atoms with E-state index in [9.17, 15) is 0 Å². The smallest absolute Gasteiger partial charge is 0.0804 e. The largest absolute Gasteiger partial charge is 0.374 e. The van der Waals surface area contributed by atoms with Gasteiger partial charge in [0.05, 0.1) is 5.60 Å². The topological polar surface area (TPSA) is 35.2 Å². The standard InChI is InChI=1S/C16H33NO/c1-3-4-5-6-7-8-9-12-15(17)16(2)13-10-11-14-18-16/h15H,3-14,17H2,1-2H3. The molecule has 0 bridgehead atoms. The highest BCUT2D eigenvalue weighted by Gasteiger charge is 2.33. The van der Waals surface area contributed by atoms with E-state index in [4.69, 9.17) is 10.5 Å². The second kappa shape index (κ2) is 8.92. The third-order valence-corrected chi connectivity index (χ3v) is 4.40. The van der Waals surface area contributed by atoms with Crippen LogP contribution in [0.3, 0.4) is 0 Å². The van der Waals surface area contributed by atoms with Crippen LogP contribution in [0.5, 0.6) is 0 Å². The second-order valence-electron chi connectivity index (χ2n) is 6.13. The molecule has 0 aromatic rings. The number of ether oxygens (including phenoxy) is 1. The van der Waals surface area contributed by atoms with Crippen LogP contribution in [0.2, 0.25) is 0 Å². The molecule has 0 radical (unpaired) electrons. The summed E-state index contributed by atoms with van der Waals surface area (Å²) in [6.07, 6.45) is 14.3. The fourth-order valence-electron chi connectivity index (χ4n) is 2.87. The second-order valence-corrected chi connectivity index (χ2v) is 6.13. The van der Waals surface area contributed by atoms with Gasteiger partial charge in [-0.1, -0.05) is 51.9 Å². The highest BCUT2D eigenvalue weighted by Crippen LogP contribution is 2.29. The predicted octanol–water partition coefficient (Wildman–Crippen LogP) is 4.41. The Hall–Kier alpha value is -0.0800. The van der Waals surface area contributed by atoms with Gasteiger partial charge in [0.1, 0.15) is 0 Å². The van der Waals surface area contributed by atoms with Gasteiger partial charge in [-0.05, 0) is 32.6 Å². The third-order valence-electron chi connectivity index (χ3n) is 4.40. The molecule has 1 aliphatic heterocycles. The molecule has 0 aromatic carbocycles. The van der Waals surface area contributed by atoms with E-state index in [0.717, 1.165) is 19.4 Å². The maximum atomic E-state index is 6.32. The molecule has 108 valence electrons. The first-order valence-corrected chi connectivity index (χ1v) is 8.08. The highest BCUT2D eigenvalue weighted by molar-refractivity contribution is 4.89. The molecule has 2 nitrogen and oxygen atoms in total. The van der Waals surface area contributed by atoms with Crippen molar-refractivity contribution in [2.24, 2.45) is 5.73 Å². The molecule has 0 saturated carbocycles. The molecule has 0 aromatic heterocycles. The molecule has 1 heterocycles. The van der Waals surface area contributed by atoms with Gasteiger partial charge in [-0.15, -0.1) is 0 Å². The fourth-order valence-corrected chi connectivity index (χ4v) is 2.87. The van der Waals surface area contributed by atoms with E-state index in [-0.39, 0.29) is 11.6 Å². The monoisotopic (exact) mass is 255 g/mol. The SMILES string of the molecule is CCCCCCCCCC(N)C1(C)CCCCO1. The van der Waals surface area contributed by atoms with E-state index in [1.54, 1.807) is 0 Å². The predicted molar refractivity (Wildman–Crippen MR) is 78.8 cm³/mol. The van der Waals surface area contributed by atoms with Crippen molar-refractivity contribution in [3.05, 3.63) is 0 Å². The summed E-state index contributed by atoms with van der Waals surface area (Å²) in [7, 11) is 0. The Morgan fingerprint density at radius 2 is 1.72 bits per heavy atom. The minimum absolute atomic E-state index is 0.0412. The van der Waals surface area contributed by atoms with Gasteiger partial charge in [0, 0.05) is 12.6 Å². The minimum atomic E-state index is -0.0412. The maximum absolute atomic E-state index is 6.32. The Morgan fingerprint density at radius 1 is 1.06 bits per heavy atom. The van der Waals surface area contributed by atoms with E-state index in [0.29, 0.717) is 0 Å². The summed E-state index contributed by atoms with van der Waals surface area (Å²) in [5, 5.41) is 0. The van der Waals surface area contributed by atoms with Crippen molar-refractivity contribution < 1.29 is 4.74 Å². The lowest BCUT2D eigenvalue weighted by Crippen LogP contribution is -2.49. The van der Waals surface area contributed by atoms with Crippen LogP contribution in [-0.4, -0.2) is 18.2 Å². The molecule has 2 unspecified atom stereocenters. The normalized spacial score (nSPS) is 26.2. The summed E-state index contributed by atoms with van der Waals surface area (Å²) in [6, 6.07) is 0.230. The molecule has 1 saturated heterocycles. The molecule has 2 atom stereocenters. The van der Waals surface area contributed by atoms with Crippen LogP contribution in [0.1, 0.15) is 84.5 Å². The van der Waals surface area contributed by atoms with Crippen LogP contribution >= 0.6 is 0 Å². The number of rotatable bonds is 9. The molecule has 1 rings (SSSR count). The lowest BCUT2D eigenvalue weighted by molar-refractivity contribution is -0.0826. The molecule has 18 heavy (non-hydrogen) atoms. The number of hydrogen-bond donors (Lipinski definition) is 1. The van der Waals surface area contributed by atoms with Gasteiger partial charge in [-0.3, -0.25) is 0 Å². The first-order valence-electron chi connectivity index (χ1n) is 8.08. The Bertz CT molecular complexity index is 199. The van der Waals surface area contributed by atoms with Gasteiger partial charge in [-0.2, -0.15) is 0 Å². The fraction of sp³-hybridized carbons (Fsp3) is 1.00.